The van der Waals surface area contributed by atoms with Crippen molar-refractivity contribution in [3.63, 3.8) is 0 Å². The van der Waals surface area contributed by atoms with E-state index in [-0.39, 0.29) is 24.5 Å². The van der Waals surface area contributed by atoms with Gasteiger partial charge in [0.25, 0.3) is 5.92 Å². The van der Waals surface area contributed by atoms with E-state index in [0.717, 1.165) is 11.1 Å². The number of aryl methyl sites for hydroxylation is 2. The number of phenols is 1. The topological polar surface area (TPSA) is 60.2 Å². The third-order valence-corrected chi connectivity index (χ3v) is 4.78. The van der Waals surface area contributed by atoms with Gasteiger partial charge in [-0.05, 0) is 30.7 Å². The lowest BCUT2D eigenvalue weighted by Crippen LogP contribution is -2.43. The smallest absolute Gasteiger partial charge is 0.255 e. The number of aromatic hydroxyl groups is 1. The summed E-state index contributed by atoms with van der Waals surface area (Å²) in [5, 5.41) is 10.7. The molecular formula is C18H16ClF2N3O2. The van der Waals surface area contributed by atoms with Crippen LogP contribution in [0.15, 0.2) is 24.3 Å². The molecule has 5 nitrogen and oxygen atoms in total. The largest absolute Gasteiger partial charge is 0.507 e. The molecule has 1 aliphatic rings. The summed E-state index contributed by atoms with van der Waals surface area (Å²) in [5.74, 6) is -1.82. The summed E-state index contributed by atoms with van der Waals surface area (Å²) in [5.41, 5.74) is 2.50. The number of alkyl halides is 2. The van der Waals surface area contributed by atoms with Crippen molar-refractivity contribution < 1.29 is 18.6 Å². The van der Waals surface area contributed by atoms with E-state index in [2.05, 4.69) is 9.97 Å². The maximum absolute atomic E-state index is 12.9. The number of pyridine rings is 1. The quantitative estimate of drug-likeness (QED) is 0.729. The molecule has 1 aromatic carbocycles. The lowest BCUT2D eigenvalue weighted by atomic mass is 9.91. The minimum Gasteiger partial charge on any atom is -0.507 e. The zero-order valence-corrected chi connectivity index (χ0v) is 14.9. The summed E-state index contributed by atoms with van der Waals surface area (Å²) in [6, 6.07) is 6.61. The van der Waals surface area contributed by atoms with Gasteiger partial charge in [-0.1, -0.05) is 11.6 Å². The Morgan fingerprint density at radius 2 is 2.00 bits per heavy atom. The molecule has 4 rings (SSSR count). The zero-order valence-electron chi connectivity index (χ0n) is 14.1. The summed E-state index contributed by atoms with van der Waals surface area (Å²) in [6.07, 6.45) is -1.11. The Bertz CT molecular complexity index is 988. The number of rotatable bonds is 3. The Kier molecular flexibility index (Phi) is 3.80. The third kappa shape index (κ3) is 2.86. The molecule has 136 valence electrons. The summed E-state index contributed by atoms with van der Waals surface area (Å²) in [4.78, 5) is 8.82. The number of benzene rings is 1. The molecule has 0 atom stereocenters. The summed E-state index contributed by atoms with van der Waals surface area (Å²) in [7, 11) is 1.81. The standard InChI is InChI=1S/C18H16ClF2N3O2/c1-9-5-10(19)6-13(25)15(9)17-23-16-12(24(17)2)3-4-14(22-16)26-11-7-18(20,21)8-11/h3-6,11,25H,7-8H2,1-2H3. The van der Waals surface area contributed by atoms with Gasteiger partial charge < -0.3 is 14.4 Å². The van der Waals surface area contributed by atoms with Crippen molar-refractivity contribution in [3.8, 4) is 23.0 Å². The lowest BCUT2D eigenvalue weighted by Gasteiger charge is -2.34. The van der Waals surface area contributed by atoms with Crippen LogP contribution >= 0.6 is 11.6 Å². The van der Waals surface area contributed by atoms with Crippen molar-refractivity contribution in [1.29, 1.82) is 0 Å². The fourth-order valence-electron chi connectivity index (χ4n) is 3.22. The Morgan fingerprint density at radius 1 is 1.27 bits per heavy atom. The number of imidazole rings is 1. The summed E-state index contributed by atoms with van der Waals surface area (Å²) < 4.78 is 33.2. The number of aromatic nitrogens is 3. The van der Waals surface area contributed by atoms with Crippen molar-refractivity contribution in [2.75, 3.05) is 0 Å². The molecule has 26 heavy (non-hydrogen) atoms. The van der Waals surface area contributed by atoms with E-state index in [4.69, 9.17) is 16.3 Å². The number of fused-ring (bicyclic) bond motifs is 1. The van der Waals surface area contributed by atoms with E-state index in [9.17, 15) is 13.9 Å². The van der Waals surface area contributed by atoms with E-state index in [0.29, 0.717) is 22.1 Å². The van der Waals surface area contributed by atoms with Gasteiger partial charge in [-0.25, -0.2) is 13.8 Å². The molecule has 1 N–H and O–H groups in total. The van der Waals surface area contributed by atoms with Crippen LogP contribution in [-0.4, -0.2) is 31.7 Å². The van der Waals surface area contributed by atoms with Crippen LogP contribution < -0.4 is 4.74 Å². The average molecular weight is 380 g/mol. The second kappa shape index (κ2) is 5.81. The number of hydrogen-bond donors (Lipinski definition) is 1. The maximum Gasteiger partial charge on any atom is 0.255 e. The third-order valence-electron chi connectivity index (χ3n) is 4.56. The predicted molar refractivity (Wildman–Crippen MR) is 94.0 cm³/mol. The van der Waals surface area contributed by atoms with E-state index in [1.54, 1.807) is 22.8 Å². The summed E-state index contributed by atoms with van der Waals surface area (Å²) >= 11 is 5.97. The summed E-state index contributed by atoms with van der Waals surface area (Å²) in [6.45, 7) is 1.83. The Hall–Kier alpha value is -2.41. The SMILES string of the molecule is Cc1cc(Cl)cc(O)c1-c1nc2nc(OC3CC(F)(F)C3)ccc2n1C. The van der Waals surface area contributed by atoms with Crippen molar-refractivity contribution >= 4 is 22.8 Å². The van der Waals surface area contributed by atoms with E-state index >= 15 is 0 Å². The van der Waals surface area contributed by atoms with E-state index in [1.165, 1.54) is 6.07 Å². The van der Waals surface area contributed by atoms with Gasteiger partial charge in [0.1, 0.15) is 17.7 Å². The van der Waals surface area contributed by atoms with Gasteiger partial charge >= 0.3 is 0 Å². The van der Waals surface area contributed by atoms with Crippen LogP contribution in [0.25, 0.3) is 22.6 Å². The molecule has 1 aliphatic carbocycles. The maximum atomic E-state index is 12.9. The minimum absolute atomic E-state index is 0.0292. The molecule has 2 aromatic heterocycles. The van der Waals surface area contributed by atoms with Gasteiger partial charge in [0.05, 0.1) is 11.1 Å². The molecule has 3 aromatic rings. The highest BCUT2D eigenvalue weighted by molar-refractivity contribution is 6.31. The van der Waals surface area contributed by atoms with Gasteiger partial charge in [0.2, 0.25) is 5.88 Å². The number of nitrogens with zero attached hydrogens (tertiary/aromatic N) is 3. The Morgan fingerprint density at radius 3 is 2.65 bits per heavy atom. The van der Waals surface area contributed by atoms with Gasteiger partial charge in [0.15, 0.2) is 5.65 Å². The molecule has 0 aliphatic heterocycles. The van der Waals surface area contributed by atoms with Gasteiger partial charge in [-0.15, -0.1) is 0 Å². The van der Waals surface area contributed by atoms with Crippen LogP contribution in [-0.2, 0) is 7.05 Å². The first kappa shape index (κ1) is 17.0. The number of phenolic OH excluding ortho intramolecular Hbond substituents is 1. The van der Waals surface area contributed by atoms with Crippen LogP contribution in [0.3, 0.4) is 0 Å². The monoisotopic (exact) mass is 379 g/mol. The zero-order chi connectivity index (χ0) is 18.6. The Labute approximate surface area is 153 Å². The fraction of sp³-hybridized carbons (Fsp3) is 0.333. The first-order chi connectivity index (χ1) is 12.2. The van der Waals surface area contributed by atoms with Crippen LogP contribution in [0.4, 0.5) is 8.78 Å². The second-order valence-electron chi connectivity index (χ2n) is 6.61. The molecule has 1 saturated carbocycles. The van der Waals surface area contributed by atoms with Crippen molar-refractivity contribution in [2.24, 2.45) is 7.05 Å². The number of ether oxygens (including phenoxy) is 1. The van der Waals surface area contributed by atoms with E-state index in [1.807, 2.05) is 14.0 Å². The van der Waals surface area contributed by atoms with Crippen LogP contribution in [0.5, 0.6) is 11.6 Å². The highest BCUT2D eigenvalue weighted by atomic mass is 35.5. The number of hydrogen-bond acceptors (Lipinski definition) is 4. The minimum atomic E-state index is -2.64. The molecule has 8 heteroatoms. The molecule has 0 bridgehead atoms. The fourth-order valence-corrected chi connectivity index (χ4v) is 3.49. The molecule has 0 amide bonds. The molecule has 0 radical (unpaired) electrons. The lowest BCUT2D eigenvalue weighted by molar-refractivity contribution is -0.135. The first-order valence-electron chi connectivity index (χ1n) is 8.11. The molecule has 0 saturated heterocycles. The highest BCUT2D eigenvalue weighted by Crippen LogP contribution is 2.40. The predicted octanol–water partition coefficient (Wildman–Crippen LogP) is 4.48. The molecular weight excluding hydrogens is 364 g/mol. The Balaban J connectivity index is 1.71. The van der Waals surface area contributed by atoms with Crippen molar-refractivity contribution in [1.82, 2.24) is 14.5 Å². The highest BCUT2D eigenvalue weighted by Gasteiger charge is 2.47. The molecule has 2 heterocycles. The van der Waals surface area contributed by atoms with Crippen LogP contribution in [0.1, 0.15) is 18.4 Å². The molecule has 1 fully saturated rings. The van der Waals surface area contributed by atoms with Crippen molar-refractivity contribution in [3.05, 3.63) is 34.9 Å². The first-order valence-corrected chi connectivity index (χ1v) is 8.49. The van der Waals surface area contributed by atoms with Crippen molar-refractivity contribution in [2.45, 2.75) is 31.8 Å². The van der Waals surface area contributed by atoms with Gasteiger partial charge in [-0.2, -0.15) is 4.98 Å². The van der Waals surface area contributed by atoms with E-state index < -0.39 is 12.0 Å². The van der Waals surface area contributed by atoms with Gasteiger partial charge in [0, 0.05) is 31.0 Å². The number of halogens is 3. The van der Waals surface area contributed by atoms with Crippen LogP contribution in [0, 0.1) is 6.92 Å². The average Bonchev–Trinajstić information content (AvgIpc) is 2.81. The van der Waals surface area contributed by atoms with Gasteiger partial charge in [-0.3, -0.25) is 0 Å². The molecule has 0 unspecified atom stereocenters. The van der Waals surface area contributed by atoms with Crippen LogP contribution in [0.2, 0.25) is 5.02 Å². The molecule has 0 spiro atoms. The normalized spacial score (nSPS) is 16.7. The second-order valence-corrected chi connectivity index (χ2v) is 7.04.